The summed E-state index contributed by atoms with van der Waals surface area (Å²) in [4.78, 5) is 14.9. The van der Waals surface area contributed by atoms with E-state index in [1.165, 1.54) is 12.1 Å². The number of carbonyl (C=O) groups excluding carboxylic acids is 1. The lowest BCUT2D eigenvalue weighted by Crippen LogP contribution is -2.35. The molecule has 0 fully saturated rings. The average Bonchev–Trinajstić information content (AvgIpc) is 3.05. The highest BCUT2D eigenvalue weighted by Gasteiger charge is 2.32. The van der Waals surface area contributed by atoms with Crippen LogP contribution in [-0.2, 0) is 16.4 Å². The van der Waals surface area contributed by atoms with Gasteiger partial charge >= 0.3 is 0 Å². The van der Waals surface area contributed by atoms with Crippen LogP contribution in [0.1, 0.15) is 28.4 Å². The van der Waals surface area contributed by atoms with E-state index in [2.05, 4.69) is 4.72 Å². The minimum atomic E-state index is -3.97. The predicted octanol–water partition coefficient (Wildman–Crippen LogP) is 5.04. The topological polar surface area (TPSA) is 66.5 Å². The zero-order valence-electron chi connectivity index (χ0n) is 16.6. The number of sulfonamides is 1. The van der Waals surface area contributed by atoms with Crippen LogP contribution < -0.4 is 9.62 Å². The molecule has 1 aliphatic rings. The van der Waals surface area contributed by atoms with Gasteiger partial charge in [0.25, 0.3) is 15.9 Å². The molecule has 1 aliphatic heterocycles. The highest BCUT2D eigenvalue weighted by atomic mass is 35.5. The van der Waals surface area contributed by atoms with Crippen molar-refractivity contribution in [3.8, 4) is 0 Å². The molecule has 0 saturated carbocycles. The molecule has 7 heteroatoms. The summed E-state index contributed by atoms with van der Waals surface area (Å²) < 4.78 is 28.6. The van der Waals surface area contributed by atoms with Crippen molar-refractivity contribution >= 4 is 38.9 Å². The number of halogens is 1. The summed E-state index contributed by atoms with van der Waals surface area (Å²) in [6.45, 7) is 3.79. The fourth-order valence-corrected chi connectivity index (χ4v) is 5.40. The van der Waals surface area contributed by atoms with E-state index in [1.54, 1.807) is 23.1 Å². The van der Waals surface area contributed by atoms with Gasteiger partial charge < -0.3 is 4.90 Å². The highest BCUT2D eigenvalue weighted by Crippen LogP contribution is 2.34. The fraction of sp³-hybridized carbons (Fsp3) is 0.174. The Morgan fingerprint density at radius 1 is 1.07 bits per heavy atom. The van der Waals surface area contributed by atoms with Gasteiger partial charge in [-0.3, -0.25) is 9.52 Å². The molecule has 4 rings (SSSR count). The van der Waals surface area contributed by atoms with Crippen molar-refractivity contribution in [2.45, 2.75) is 31.2 Å². The van der Waals surface area contributed by atoms with Crippen LogP contribution in [0.5, 0.6) is 0 Å². The Hall–Kier alpha value is -2.83. The van der Waals surface area contributed by atoms with Crippen molar-refractivity contribution < 1.29 is 13.2 Å². The van der Waals surface area contributed by atoms with E-state index < -0.39 is 10.0 Å². The van der Waals surface area contributed by atoms with Gasteiger partial charge in [-0.25, -0.2) is 8.42 Å². The van der Waals surface area contributed by atoms with E-state index in [1.807, 2.05) is 50.2 Å². The largest absolute Gasteiger partial charge is 0.305 e. The third kappa shape index (κ3) is 3.68. The number of fused-ring (bicyclic) bond motifs is 1. The molecule has 1 atom stereocenters. The monoisotopic (exact) mass is 440 g/mol. The molecule has 5 nitrogen and oxygen atoms in total. The number of hydrogen-bond acceptors (Lipinski definition) is 3. The van der Waals surface area contributed by atoms with Gasteiger partial charge in [0.05, 0.1) is 10.7 Å². The minimum absolute atomic E-state index is 0.0178. The molecule has 3 aromatic carbocycles. The van der Waals surface area contributed by atoms with Crippen LogP contribution in [0.4, 0.5) is 11.4 Å². The molecule has 1 amide bonds. The van der Waals surface area contributed by atoms with Gasteiger partial charge in [0.1, 0.15) is 4.90 Å². The second kappa shape index (κ2) is 7.78. The SMILES string of the molecule is Cc1ccccc1NS(=O)(=O)c1cc(C(=O)N2c3ccccc3C[C@@H]2C)ccc1Cl. The zero-order valence-corrected chi connectivity index (χ0v) is 18.2. The lowest BCUT2D eigenvalue weighted by atomic mass is 10.1. The maximum Gasteiger partial charge on any atom is 0.263 e. The number of carbonyl (C=O) groups is 1. The van der Waals surface area contributed by atoms with Crippen molar-refractivity contribution in [1.82, 2.24) is 0 Å². The average molecular weight is 441 g/mol. The van der Waals surface area contributed by atoms with Gasteiger partial charge in [-0.15, -0.1) is 0 Å². The van der Waals surface area contributed by atoms with Gasteiger partial charge in [0, 0.05) is 17.3 Å². The number of anilines is 2. The zero-order chi connectivity index (χ0) is 21.5. The molecule has 1 N–H and O–H groups in total. The molecule has 0 aromatic heterocycles. The van der Waals surface area contributed by atoms with Gasteiger partial charge in [-0.2, -0.15) is 0 Å². The molecular weight excluding hydrogens is 420 g/mol. The van der Waals surface area contributed by atoms with Crippen molar-refractivity contribution in [3.05, 3.63) is 88.4 Å². The Labute approximate surface area is 181 Å². The van der Waals surface area contributed by atoms with Crippen LogP contribution in [-0.4, -0.2) is 20.4 Å². The number of para-hydroxylation sites is 2. The van der Waals surface area contributed by atoms with Crippen LogP contribution in [0.2, 0.25) is 5.02 Å². The second-order valence-electron chi connectivity index (χ2n) is 7.42. The predicted molar refractivity (Wildman–Crippen MR) is 120 cm³/mol. The number of aryl methyl sites for hydroxylation is 1. The Morgan fingerprint density at radius 3 is 2.53 bits per heavy atom. The van der Waals surface area contributed by atoms with Crippen LogP contribution in [0.3, 0.4) is 0 Å². The molecule has 1 heterocycles. The number of nitrogens with zero attached hydrogens (tertiary/aromatic N) is 1. The summed E-state index contributed by atoms with van der Waals surface area (Å²) in [6, 6.07) is 19.2. The highest BCUT2D eigenvalue weighted by molar-refractivity contribution is 7.92. The molecule has 3 aromatic rings. The summed E-state index contributed by atoms with van der Waals surface area (Å²) >= 11 is 6.22. The molecule has 0 aliphatic carbocycles. The van der Waals surface area contributed by atoms with Crippen molar-refractivity contribution in [2.75, 3.05) is 9.62 Å². The Morgan fingerprint density at radius 2 is 1.77 bits per heavy atom. The van der Waals surface area contributed by atoms with Gasteiger partial charge in [-0.05, 0) is 61.7 Å². The first-order valence-electron chi connectivity index (χ1n) is 9.57. The van der Waals surface area contributed by atoms with Gasteiger partial charge in [-0.1, -0.05) is 48.0 Å². The Balaban J connectivity index is 1.70. The van der Waals surface area contributed by atoms with Gasteiger partial charge in [0.2, 0.25) is 0 Å². The standard InChI is InChI=1S/C23H21ClN2O3S/c1-15-7-3-5-9-20(15)25-30(28,29)22-14-18(11-12-19(22)24)23(27)26-16(2)13-17-8-4-6-10-21(17)26/h3-12,14,16,25H,13H2,1-2H3/t16-/m0/s1. The van der Waals surface area contributed by atoms with Crippen LogP contribution in [0.15, 0.2) is 71.6 Å². The molecule has 0 unspecified atom stereocenters. The Bertz CT molecular complexity index is 1240. The molecule has 0 spiro atoms. The summed E-state index contributed by atoms with van der Waals surface area (Å²) in [6.07, 6.45) is 0.759. The quantitative estimate of drug-likeness (QED) is 0.618. The molecular formula is C23H21ClN2O3S. The summed E-state index contributed by atoms with van der Waals surface area (Å²) in [5.74, 6) is -0.253. The van der Waals surface area contributed by atoms with E-state index in [0.29, 0.717) is 5.69 Å². The first-order chi connectivity index (χ1) is 14.3. The minimum Gasteiger partial charge on any atom is -0.305 e. The third-order valence-electron chi connectivity index (χ3n) is 5.28. The molecule has 154 valence electrons. The number of benzene rings is 3. The summed E-state index contributed by atoms with van der Waals surface area (Å²) in [7, 11) is -3.97. The van der Waals surface area contributed by atoms with E-state index in [-0.39, 0.29) is 27.4 Å². The summed E-state index contributed by atoms with van der Waals surface area (Å²) in [5.41, 5.74) is 3.47. The molecule has 30 heavy (non-hydrogen) atoms. The molecule has 0 saturated heterocycles. The maximum absolute atomic E-state index is 13.3. The first-order valence-corrected chi connectivity index (χ1v) is 11.4. The molecule has 0 radical (unpaired) electrons. The lowest BCUT2D eigenvalue weighted by molar-refractivity contribution is 0.0981. The van der Waals surface area contributed by atoms with Gasteiger partial charge in [0.15, 0.2) is 0 Å². The van der Waals surface area contributed by atoms with E-state index >= 15 is 0 Å². The normalized spacial score (nSPS) is 15.7. The van der Waals surface area contributed by atoms with Crippen LogP contribution >= 0.6 is 11.6 Å². The number of amides is 1. The van der Waals surface area contributed by atoms with Crippen LogP contribution in [0.25, 0.3) is 0 Å². The van der Waals surface area contributed by atoms with Crippen LogP contribution in [0, 0.1) is 6.92 Å². The maximum atomic E-state index is 13.3. The first kappa shape index (κ1) is 20.4. The number of hydrogen-bond donors (Lipinski definition) is 1. The van der Waals surface area contributed by atoms with Crippen molar-refractivity contribution in [1.29, 1.82) is 0 Å². The van der Waals surface area contributed by atoms with Crippen molar-refractivity contribution in [3.63, 3.8) is 0 Å². The third-order valence-corrected chi connectivity index (χ3v) is 7.13. The van der Waals surface area contributed by atoms with Crippen molar-refractivity contribution in [2.24, 2.45) is 0 Å². The smallest absolute Gasteiger partial charge is 0.263 e. The van der Waals surface area contributed by atoms with E-state index in [9.17, 15) is 13.2 Å². The van der Waals surface area contributed by atoms with E-state index in [4.69, 9.17) is 11.6 Å². The number of rotatable bonds is 4. The van der Waals surface area contributed by atoms with E-state index in [0.717, 1.165) is 23.2 Å². The number of nitrogens with one attached hydrogen (secondary N) is 1. The fourth-order valence-electron chi connectivity index (χ4n) is 3.74. The molecule has 0 bridgehead atoms. The lowest BCUT2D eigenvalue weighted by Gasteiger charge is -2.23. The second-order valence-corrected chi connectivity index (χ2v) is 9.48. The Kier molecular flexibility index (Phi) is 5.30. The summed E-state index contributed by atoms with van der Waals surface area (Å²) in [5, 5.41) is 0.0579.